The maximum absolute atomic E-state index is 4.02. The van der Waals surface area contributed by atoms with Gasteiger partial charge in [0.2, 0.25) is 0 Å². The van der Waals surface area contributed by atoms with Crippen molar-refractivity contribution in [1.82, 2.24) is 5.32 Å². The minimum absolute atomic E-state index is 0.610. The van der Waals surface area contributed by atoms with Gasteiger partial charge in [-0.25, -0.2) is 0 Å². The van der Waals surface area contributed by atoms with Gasteiger partial charge in [-0.2, -0.15) is 0 Å². The minimum atomic E-state index is 0.610. The maximum atomic E-state index is 4.02. The Morgan fingerprint density at radius 1 is 1.31 bits per heavy atom. The molecule has 0 aliphatic heterocycles. The fourth-order valence-corrected chi connectivity index (χ4v) is 2.24. The van der Waals surface area contributed by atoms with Gasteiger partial charge >= 0.3 is 0 Å². The molecule has 0 aromatic heterocycles. The lowest BCUT2D eigenvalue weighted by molar-refractivity contribution is 0.865. The first-order valence-corrected chi connectivity index (χ1v) is 6.66. The Labute approximate surface area is 103 Å². The molecule has 0 aliphatic rings. The van der Waals surface area contributed by atoms with Crippen LogP contribution >= 0.6 is 11.8 Å². The third-order valence-corrected chi connectivity index (χ3v) is 3.57. The van der Waals surface area contributed by atoms with Crippen LogP contribution in [0.15, 0.2) is 41.3 Å². The average molecular weight is 235 g/mol. The summed E-state index contributed by atoms with van der Waals surface area (Å²) in [6.45, 7) is 9.36. The van der Waals surface area contributed by atoms with E-state index in [0.717, 1.165) is 12.3 Å². The zero-order chi connectivity index (χ0) is 12.0. The second kappa shape index (κ2) is 6.77. The van der Waals surface area contributed by atoms with Gasteiger partial charge in [-0.15, -0.1) is 11.8 Å². The molecule has 0 heterocycles. The molecule has 1 nitrogen and oxygen atoms in total. The first-order chi connectivity index (χ1) is 7.63. The van der Waals surface area contributed by atoms with E-state index in [-0.39, 0.29) is 0 Å². The van der Waals surface area contributed by atoms with Crippen molar-refractivity contribution in [3.05, 3.63) is 42.0 Å². The van der Waals surface area contributed by atoms with E-state index in [2.05, 4.69) is 50.0 Å². The van der Waals surface area contributed by atoms with Crippen molar-refractivity contribution in [1.29, 1.82) is 0 Å². The van der Waals surface area contributed by atoms with Gasteiger partial charge in [0.1, 0.15) is 0 Å². The zero-order valence-corrected chi connectivity index (χ0v) is 11.2. The maximum Gasteiger partial charge on any atom is 0.0200 e. The third-order valence-electron chi connectivity index (χ3n) is 2.42. The third kappa shape index (κ3) is 4.42. The predicted molar refractivity (Wildman–Crippen MR) is 74.3 cm³/mol. The van der Waals surface area contributed by atoms with Crippen molar-refractivity contribution in [3.8, 4) is 0 Å². The summed E-state index contributed by atoms with van der Waals surface area (Å²) >= 11 is 1.85. The van der Waals surface area contributed by atoms with Crippen LogP contribution < -0.4 is 5.32 Å². The molecule has 0 amide bonds. The van der Waals surface area contributed by atoms with Crippen LogP contribution in [0.4, 0.5) is 0 Å². The number of benzene rings is 1. The molecule has 0 fully saturated rings. The first kappa shape index (κ1) is 13.3. The quantitative estimate of drug-likeness (QED) is 0.596. The van der Waals surface area contributed by atoms with Crippen LogP contribution in [-0.4, -0.2) is 19.3 Å². The van der Waals surface area contributed by atoms with Gasteiger partial charge in [-0.05, 0) is 30.7 Å². The van der Waals surface area contributed by atoms with Crippen molar-refractivity contribution >= 4 is 11.8 Å². The van der Waals surface area contributed by atoms with Crippen LogP contribution in [0.2, 0.25) is 0 Å². The Morgan fingerprint density at radius 3 is 2.44 bits per heavy atom. The molecule has 1 rings (SSSR count). The monoisotopic (exact) mass is 235 g/mol. The highest BCUT2D eigenvalue weighted by molar-refractivity contribution is 7.99. The molecule has 0 radical (unpaired) electrons. The van der Waals surface area contributed by atoms with E-state index in [1.165, 1.54) is 16.0 Å². The number of hydrogen-bond acceptors (Lipinski definition) is 2. The Bertz CT molecular complexity index is 327. The summed E-state index contributed by atoms with van der Waals surface area (Å²) < 4.78 is 0. The first-order valence-electron chi connectivity index (χ1n) is 5.67. The lowest BCUT2D eigenvalue weighted by Crippen LogP contribution is -2.10. The summed E-state index contributed by atoms with van der Waals surface area (Å²) in [5, 5.41) is 3.11. The lowest BCUT2D eigenvalue weighted by atomic mass is 10.0. The number of thioether (sulfide) groups is 1. The summed E-state index contributed by atoms with van der Waals surface area (Å²) in [5.74, 6) is 1.60. The van der Waals surface area contributed by atoms with Crippen LogP contribution in [-0.2, 0) is 0 Å². The fourth-order valence-electron chi connectivity index (χ4n) is 1.44. The average Bonchev–Trinajstić information content (AvgIpc) is 2.27. The molecule has 88 valence electrons. The van der Waals surface area contributed by atoms with E-state index < -0.39 is 0 Å². The van der Waals surface area contributed by atoms with Crippen molar-refractivity contribution in [3.63, 3.8) is 0 Å². The van der Waals surface area contributed by atoms with Crippen LogP contribution in [0, 0.1) is 0 Å². The molecular weight excluding hydrogens is 214 g/mol. The minimum Gasteiger partial charge on any atom is -0.316 e. The summed E-state index contributed by atoms with van der Waals surface area (Å²) in [6.07, 6.45) is 0. The summed E-state index contributed by atoms with van der Waals surface area (Å²) in [5.41, 5.74) is 2.64. The van der Waals surface area contributed by atoms with Crippen LogP contribution in [0.3, 0.4) is 0 Å². The summed E-state index contributed by atoms with van der Waals surface area (Å²) in [7, 11) is 1.95. The molecule has 2 heteroatoms. The highest BCUT2D eigenvalue weighted by Gasteiger charge is 2.00. The standard InChI is InChI=1S/C14H21NS/c1-11(2)13-5-7-14(8-6-13)16-10-12(3)9-15-4/h5-8,11,15H,3,9-10H2,1-2,4H3. The highest BCUT2D eigenvalue weighted by atomic mass is 32.2. The molecule has 0 bridgehead atoms. The van der Waals surface area contributed by atoms with Gasteiger partial charge in [-0.3, -0.25) is 0 Å². The topological polar surface area (TPSA) is 12.0 Å². The molecule has 1 N–H and O–H groups in total. The second-order valence-electron chi connectivity index (χ2n) is 4.29. The lowest BCUT2D eigenvalue weighted by Gasteiger charge is -2.07. The smallest absolute Gasteiger partial charge is 0.0200 e. The number of nitrogens with one attached hydrogen (secondary N) is 1. The number of rotatable bonds is 6. The summed E-state index contributed by atoms with van der Waals surface area (Å²) in [6, 6.07) is 8.83. The van der Waals surface area contributed by atoms with Gasteiger partial charge in [0.05, 0.1) is 0 Å². The molecule has 0 atom stereocenters. The van der Waals surface area contributed by atoms with Gasteiger partial charge in [0.15, 0.2) is 0 Å². The van der Waals surface area contributed by atoms with Crippen LogP contribution in [0.25, 0.3) is 0 Å². The molecular formula is C14H21NS. The number of hydrogen-bond donors (Lipinski definition) is 1. The molecule has 1 aromatic carbocycles. The Morgan fingerprint density at radius 2 is 1.94 bits per heavy atom. The fraction of sp³-hybridized carbons (Fsp3) is 0.429. The molecule has 0 aliphatic carbocycles. The normalized spacial score (nSPS) is 10.8. The van der Waals surface area contributed by atoms with E-state index in [9.17, 15) is 0 Å². The Hall–Kier alpha value is -0.730. The van der Waals surface area contributed by atoms with E-state index in [4.69, 9.17) is 0 Å². The Kier molecular flexibility index (Phi) is 5.64. The van der Waals surface area contributed by atoms with Crippen LogP contribution in [0.1, 0.15) is 25.3 Å². The molecule has 0 saturated carbocycles. The van der Waals surface area contributed by atoms with E-state index >= 15 is 0 Å². The van der Waals surface area contributed by atoms with Crippen molar-refractivity contribution < 1.29 is 0 Å². The van der Waals surface area contributed by atoms with Gasteiger partial charge in [0.25, 0.3) is 0 Å². The molecule has 0 unspecified atom stereocenters. The van der Waals surface area contributed by atoms with Gasteiger partial charge in [-0.1, -0.05) is 38.1 Å². The van der Waals surface area contributed by atoms with Crippen LogP contribution in [0.5, 0.6) is 0 Å². The molecule has 0 spiro atoms. The van der Waals surface area contributed by atoms with Crippen molar-refractivity contribution in [2.75, 3.05) is 19.3 Å². The highest BCUT2D eigenvalue weighted by Crippen LogP contribution is 2.22. The summed E-state index contributed by atoms with van der Waals surface area (Å²) in [4.78, 5) is 1.32. The Balaban J connectivity index is 2.46. The SMILES string of the molecule is C=C(CNC)CSc1ccc(C(C)C)cc1. The van der Waals surface area contributed by atoms with E-state index in [1.54, 1.807) is 0 Å². The van der Waals surface area contributed by atoms with E-state index in [1.807, 2.05) is 18.8 Å². The van der Waals surface area contributed by atoms with Crippen molar-refractivity contribution in [2.45, 2.75) is 24.7 Å². The molecule has 1 aromatic rings. The van der Waals surface area contributed by atoms with Gasteiger partial charge in [0, 0.05) is 17.2 Å². The molecule has 0 saturated heterocycles. The number of likely N-dealkylation sites (N-methyl/N-ethyl adjacent to an activating group) is 1. The van der Waals surface area contributed by atoms with Crippen molar-refractivity contribution in [2.24, 2.45) is 0 Å². The predicted octanol–water partition coefficient (Wildman–Crippen LogP) is 3.68. The van der Waals surface area contributed by atoms with E-state index in [0.29, 0.717) is 5.92 Å². The second-order valence-corrected chi connectivity index (χ2v) is 5.34. The molecule has 16 heavy (non-hydrogen) atoms. The van der Waals surface area contributed by atoms with Gasteiger partial charge < -0.3 is 5.32 Å². The zero-order valence-electron chi connectivity index (χ0n) is 10.4. The largest absolute Gasteiger partial charge is 0.316 e.